The Bertz CT molecular complexity index is 1410. The third kappa shape index (κ3) is 4.29. The van der Waals surface area contributed by atoms with E-state index < -0.39 is 29.6 Å². The molecule has 0 saturated heterocycles. The van der Waals surface area contributed by atoms with Gasteiger partial charge < -0.3 is 20.7 Å². The number of aromatic nitrogens is 4. The second kappa shape index (κ2) is 8.41. The predicted octanol–water partition coefficient (Wildman–Crippen LogP) is 3.92. The summed E-state index contributed by atoms with van der Waals surface area (Å²) in [6.45, 7) is 3.59. The first kappa shape index (κ1) is 23.2. The zero-order valence-electron chi connectivity index (χ0n) is 18.5. The Balaban J connectivity index is 1.60. The Morgan fingerprint density at radius 3 is 2.53 bits per heavy atom. The lowest BCUT2D eigenvalue weighted by molar-refractivity contribution is -0.141. The first-order chi connectivity index (χ1) is 16.0. The topological polar surface area (TPSA) is 119 Å². The second-order valence-electron chi connectivity index (χ2n) is 7.88. The molecule has 3 aromatic heterocycles. The van der Waals surface area contributed by atoms with Gasteiger partial charge in [-0.2, -0.15) is 13.2 Å². The van der Waals surface area contributed by atoms with Crippen molar-refractivity contribution in [1.29, 1.82) is 0 Å². The first-order valence-electron chi connectivity index (χ1n) is 10.2. The third-order valence-electron chi connectivity index (χ3n) is 5.33. The molecule has 0 radical (unpaired) electrons. The highest BCUT2D eigenvalue weighted by molar-refractivity contribution is 6.02. The van der Waals surface area contributed by atoms with Gasteiger partial charge in [-0.05, 0) is 49.2 Å². The molecule has 3 heterocycles. The van der Waals surface area contributed by atoms with E-state index in [1.54, 1.807) is 25.1 Å². The molecule has 4 N–H and O–H groups in total. The molecule has 0 aliphatic rings. The van der Waals surface area contributed by atoms with Crippen LogP contribution in [-0.2, 0) is 18.0 Å². The molecule has 0 fully saturated rings. The number of hydrogen-bond donors (Lipinski definition) is 3. The summed E-state index contributed by atoms with van der Waals surface area (Å²) >= 11 is 0. The number of anilines is 2. The van der Waals surface area contributed by atoms with E-state index in [1.165, 1.54) is 0 Å². The number of nitrogens with one attached hydrogen (secondary N) is 1. The van der Waals surface area contributed by atoms with Gasteiger partial charge >= 0.3 is 6.18 Å². The van der Waals surface area contributed by atoms with Crippen LogP contribution in [-0.4, -0.2) is 30.5 Å². The lowest BCUT2D eigenvalue weighted by Gasteiger charge is -2.14. The molecule has 1 unspecified atom stereocenters. The van der Waals surface area contributed by atoms with Gasteiger partial charge in [0.25, 0.3) is 5.91 Å². The summed E-state index contributed by atoms with van der Waals surface area (Å²) in [5.41, 5.74) is 8.06. The largest absolute Gasteiger partial charge is 0.433 e. The number of nitrogens with zero attached hydrogens (tertiary/aromatic N) is 4. The summed E-state index contributed by atoms with van der Waals surface area (Å²) in [7, 11) is 1.85. The summed E-state index contributed by atoms with van der Waals surface area (Å²) in [5.74, 6) is 0.00481. The number of halogens is 3. The second-order valence-corrected chi connectivity index (χ2v) is 7.88. The quantitative estimate of drug-likeness (QED) is 0.416. The van der Waals surface area contributed by atoms with E-state index in [1.807, 2.05) is 24.7 Å². The highest BCUT2D eigenvalue weighted by atomic mass is 19.4. The number of aliphatic hydroxyl groups excluding tert-OH is 1. The predicted molar refractivity (Wildman–Crippen MR) is 121 cm³/mol. The lowest BCUT2D eigenvalue weighted by Crippen LogP contribution is -2.22. The Kier molecular flexibility index (Phi) is 5.74. The monoisotopic (exact) mass is 470 g/mol. The molecule has 4 aromatic rings. The van der Waals surface area contributed by atoms with Gasteiger partial charge in [0.05, 0.1) is 11.1 Å². The average molecular weight is 470 g/mol. The molecule has 0 aliphatic carbocycles. The summed E-state index contributed by atoms with van der Waals surface area (Å²) in [4.78, 5) is 24.5. The minimum Gasteiger partial charge on any atom is -0.383 e. The summed E-state index contributed by atoms with van der Waals surface area (Å²) in [5, 5.41) is 13.5. The van der Waals surface area contributed by atoms with E-state index in [2.05, 4.69) is 20.3 Å². The van der Waals surface area contributed by atoms with E-state index in [-0.39, 0.29) is 0 Å². The van der Waals surface area contributed by atoms with Crippen LogP contribution in [0.4, 0.5) is 24.7 Å². The molecule has 34 heavy (non-hydrogen) atoms. The number of nitrogen functional groups attached to an aromatic ring is 1. The molecule has 11 heteroatoms. The molecule has 0 bridgehead atoms. The van der Waals surface area contributed by atoms with Crippen molar-refractivity contribution in [3.8, 4) is 11.1 Å². The number of aryl methyl sites for hydroxylation is 3. The average Bonchev–Trinajstić information content (AvgIpc) is 3.09. The molecule has 4 rings (SSSR count). The fraction of sp³-hybridized carbons (Fsp3) is 0.217. The Labute approximate surface area is 192 Å². The summed E-state index contributed by atoms with van der Waals surface area (Å²) < 4.78 is 40.5. The van der Waals surface area contributed by atoms with E-state index in [4.69, 9.17) is 5.73 Å². The SMILES string of the molecule is Cc1nc(N)c2c(-c3ccc(NC(=O)C(O)c4cccc(C(F)(F)F)n4)cc3C)cn(C)c2n1. The first-order valence-corrected chi connectivity index (χ1v) is 10.2. The summed E-state index contributed by atoms with van der Waals surface area (Å²) in [6, 6.07) is 8.08. The molecule has 0 aliphatic heterocycles. The van der Waals surface area contributed by atoms with Crippen LogP contribution in [0.3, 0.4) is 0 Å². The van der Waals surface area contributed by atoms with Crippen LogP contribution in [0, 0.1) is 13.8 Å². The van der Waals surface area contributed by atoms with Crippen LogP contribution in [0.1, 0.15) is 28.9 Å². The standard InChI is InChI=1S/C23H21F3N6O2/c1-11-9-13(30-22(34)19(33)16-5-4-6-17(31-16)23(24,25)26)7-8-14(11)15-10-32(3)21-18(15)20(27)28-12(2)29-21/h4-10,19,33H,1-3H3,(H,30,34)(H2,27,28,29). The zero-order chi connectivity index (χ0) is 24.8. The van der Waals surface area contributed by atoms with E-state index in [0.717, 1.165) is 34.9 Å². The molecule has 1 aromatic carbocycles. The van der Waals surface area contributed by atoms with Gasteiger partial charge in [-0.25, -0.2) is 15.0 Å². The Morgan fingerprint density at radius 1 is 1.12 bits per heavy atom. The normalized spacial score (nSPS) is 12.7. The van der Waals surface area contributed by atoms with Gasteiger partial charge in [-0.1, -0.05) is 12.1 Å². The van der Waals surface area contributed by atoms with Crippen LogP contribution >= 0.6 is 0 Å². The van der Waals surface area contributed by atoms with Crippen molar-refractivity contribution < 1.29 is 23.1 Å². The number of hydrogen-bond acceptors (Lipinski definition) is 6. The highest BCUT2D eigenvalue weighted by Gasteiger charge is 2.33. The molecule has 1 atom stereocenters. The van der Waals surface area contributed by atoms with E-state index in [0.29, 0.717) is 28.4 Å². The number of rotatable bonds is 4. The number of carbonyl (C=O) groups is 1. The van der Waals surface area contributed by atoms with Gasteiger partial charge in [-0.3, -0.25) is 4.79 Å². The molecular formula is C23H21F3N6O2. The van der Waals surface area contributed by atoms with E-state index in [9.17, 15) is 23.1 Å². The maximum absolute atomic E-state index is 12.9. The van der Waals surface area contributed by atoms with Gasteiger partial charge in [0.1, 0.15) is 23.0 Å². The molecular weight excluding hydrogens is 449 g/mol. The van der Waals surface area contributed by atoms with Crippen molar-refractivity contribution in [3.05, 3.63) is 65.4 Å². The number of benzene rings is 1. The molecule has 176 valence electrons. The maximum atomic E-state index is 12.9. The number of aliphatic hydroxyl groups is 1. The summed E-state index contributed by atoms with van der Waals surface area (Å²) in [6.07, 6.45) is -4.67. The number of fused-ring (bicyclic) bond motifs is 1. The van der Waals surface area contributed by atoms with Gasteiger partial charge in [-0.15, -0.1) is 0 Å². The highest BCUT2D eigenvalue weighted by Crippen LogP contribution is 2.35. The Hall–Kier alpha value is -3.99. The van der Waals surface area contributed by atoms with Crippen molar-refractivity contribution in [2.75, 3.05) is 11.1 Å². The molecule has 0 saturated carbocycles. The maximum Gasteiger partial charge on any atom is 0.433 e. The minimum absolute atomic E-state index is 0.353. The number of alkyl halides is 3. The van der Waals surface area contributed by atoms with Crippen LogP contribution in [0.15, 0.2) is 42.6 Å². The minimum atomic E-state index is -4.69. The smallest absolute Gasteiger partial charge is 0.383 e. The van der Waals surface area contributed by atoms with Crippen LogP contribution in [0.2, 0.25) is 0 Å². The number of nitrogens with two attached hydrogens (primary N) is 1. The van der Waals surface area contributed by atoms with E-state index >= 15 is 0 Å². The molecule has 1 amide bonds. The van der Waals surface area contributed by atoms with Gasteiger partial charge in [0.2, 0.25) is 0 Å². The zero-order valence-corrected chi connectivity index (χ0v) is 18.5. The van der Waals surface area contributed by atoms with Gasteiger partial charge in [0.15, 0.2) is 6.10 Å². The third-order valence-corrected chi connectivity index (χ3v) is 5.33. The number of carbonyl (C=O) groups excluding carboxylic acids is 1. The van der Waals surface area contributed by atoms with Crippen LogP contribution < -0.4 is 11.1 Å². The van der Waals surface area contributed by atoms with Crippen molar-refractivity contribution >= 4 is 28.4 Å². The van der Waals surface area contributed by atoms with Crippen molar-refractivity contribution in [3.63, 3.8) is 0 Å². The fourth-order valence-electron chi connectivity index (χ4n) is 3.77. The van der Waals surface area contributed by atoms with Gasteiger partial charge in [0, 0.05) is 24.5 Å². The number of amides is 1. The van der Waals surface area contributed by atoms with Crippen LogP contribution in [0.25, 0.3) is 22.2 Å². The van der Waals surface area contributed by atoms with Crippen molar-refractivity contribution in [2.24, 2.45) is 7.05 Å². The van der Waals surface area contributed by atoms with Crippen molar-refractivity contribution in [1.82, 2.24) is 19.5 Å². The number of pyridine rings is 1. The van der Waals surface area contributed by atoms with Crippen LogP contribution in [0.5, 0.6) is 0 Å². The molecule has 8 nitrogen and oxygen atoms in total. The fourth-order valence-corrected chi connectivity index (χ4v) is 3.77. The lowest BCUT2D eigenvalue weighted by atomic mass is 10.00. The molecule has 0 spiro atoms. The van der Waals surface area contributed by atoms with Crippen molar-refractivity contribution in [2.45, 2.75) is 26.1 Å². The Morgan fingerprint density at radius 2 is 1.85 bits per heavy atom.